The van der Waals surface area contributed by atoms with Crippen molar-refractivity contribution < 1.29 is 4.79 Å². The van der Waals surface area contributed by atoms with Gasteiger partial charge in [0.15, 0.2) is 5.92 Å². The highest BCUT2D eigenvalue weighted by atomic mass is 32.1. The fourth-order valence-corrected chi connectivity index (χ4v) is 3.47. The van der Waals surface area contributed by atoms with Crippen LogP contribution < -0.4 is 0 Å². The summed E-state index contributed by atoms with van der Waals surface area (Å²) in [6, 6.07) is 11.8. The van der Waals surface area contributed by atoms with E-state index < -0.39 is 5.92 Å². The number of Topliss-reactive ketones (excluding diaryl/α,β-unsaturated/α-hetero) is 1. The van der Waals surface area contributed by atoms with Crippen molar-refractivity contribution >= 4 is 28.0 Å². The lowest BCUT2D eigenvalue weighted by molar-refractivity contribution is 0.0970. The maximum absolute atomic E-state index is 12.9. The maximum atomic E-state index is 12.9. The Morgan fingerprint density at radius 2 is 2.23 bits per heavy atom. The highest BCUT2D eigenvalue weighted by Crippen LogP contribution is 2.27. The maximum Gasteiger partial charge on any atom is 0.203 e. The summed E-state index contributed by atoms with van der Waals surface area (Å²) in [6.45, 7) is 4.55. The van der Waals surface area contributed by atoms with Gasteiger partial charge >= 0.3 is 0 Å². The van der Waals surface area contributed by atoms with Crippen LogP contribution in [-0.4, -0.2) is 15.3 Å². The highest BCUT2D eigenvalue weighted by Gasteiger charge is 2.27. The van der Waals surface area contributed by atoms with E-state index in [1.54, 1.807) is 0 Å². The number of para-hydroxylation sites is 1. The van der Waals surface area contributed by atoms with Gasteiger partial charge in [0, 0.05) is 28.5 Å². The zero-order chi connectivity index (χ0) is 15.7. The molecule has 0 fully saturated rings. The van der Waals surface area contributed by atoms with E-state index in [0.29, 0.717) is 17.2 Å². The van der Waals surface area contributed by atoms with Gasteiger partial charge < -0.3 is 4.57 Å². The predicted molar refractivity (Wildman–Crippen MR) is 87.1 cm³/mol. The van der Waals surface area contributed by atoms with E-state index in [1.807, 2.05) is 54.1 Å². The van der Waals surface area contributed by atoms with E-state index in [1.165, 1.54) is 11.3 Å². The number of nitrogens with zero attached hydrogens (tertiary/aromatic N) is 3. The molecule has 0 spiro atoms. The third kappa shape index (κ3) is 2.32. The molecule has 0 aliphatic rings. The normalized spacial score (nSPS) is 12.2. The molecule has 5 heteroatoms. The van der Waals surface area contributed by atoms with Crippen LogP contribution in [0, 0.1) is 18.3 Å². The fourth-order valence-electron chi connectivity index (χ4n) is 2.63. The monoisotopic (exact) mass is 309 g/mol. The molecule has 3 rings (SSSR count). The molecule has 1 aromatic carbocycles. The summed E-state index contributed by atoms with van der Waals surface area (Å²) >= 11 is 1.36. The molecule has 0 N–H and O–H groups in total. The van der Waals surface area contributed by atoms with Gasteiger partial charge in [0.1, 0.15) is 5.01 Å². The van der Waals surface area contributed by atoms with Crippen LogP contribution in [0.15, 0.2) is 35.7 Å². The van der Waals surface area contributed by atoms with E-state index in [-0.39, 0.29) is 5.78 Å². The molecular formula is C17H15N3OS. The lowest BCUT2D eigenvalue weighted by Gasteiger charge is -2.09. The number of hydrogen-bond acceptors (Lipinski definition) is 4. The van der Waals surface area contributed by atoms with Crippen molar-refractivity contribution in [1.82, 2.24) is 9.55 Å². The van der Waals surface area contributed by atoms with Gasteiger partial charge in [-0.1, -0.05) is 18.2 Å². The number of rotatable bonds is 4. The zero-order valence-corrected chi connectivity index (χ0v) is 13.2. The molecule has 0 bridgehead atoms. The number of nitriles is 1. The number of benzene rings is 1. The predicted octanol–water partition coefficient (Wildman–Crippen LogP) is 3.92. The molecule has 0 aliphatic carbocycles. The Morgan fingerprint density at radius 3 is 2.86 bits per heavy atom. The molecule has 0 amide bonds. The minimum Gasteiger partial charge on any atom is -0.338 e. The van der Waals surface area contributed by atoms with Crippen LogP contribution >= 0.6 is 11.3 Å². The van der Waals surface area contributed by atoms with Crippen LogP contribution in [-0.2, 0) is 6.54 Å². The largest absolute Gasteiger partial charge is 0.338 e. The van der Waals surface area contributed by atoms with Gasteiger partial charge in [-0.05, 0) is 26.0 Å². The molecule has 110 valence electrons. The number of aromatic nitrogens is 2. The topological polar surface area (TPSA) is 58.7 Å². The van der Waals surface area contributed by atoms with Crippen molar-refractivity contribution in [2.75, 3.05) is 0 Å². The molecule has 0 saturated heterocycles. The molecule has 2 aromatic heterocycles. The molecule has 0 radical (unpaired) electrons. The SMILES string of the molecule is CCn1c(C(=O)[C@H](C#N)c2nc(C)cs2)cc2ccccc21. The number of thiazole rings is 1. The minimum absolute atomic E-state index is 0.185. The molecule has 3 aromatic rings. The standard InChI is InChI=1S/C17H15N3OS/c1-3-20-14-7-5-4-6-12(14)8-15(20)16(21)13(9-18)17-19-11(2)10-22-17/h4-8,10,13H,3H2,1-2H3/t13-/m0/s1. The summed E-state index contributed by atoms with van der Waals surface area (Å²) in [5.74, 6) is -1.02. The van der Waals surface area contributed by atoms with Gasteiger partial charge in [-0.25, -0.2) is 4.98 Å². The van der Waals surface area contributed by atoms with Crippen LogP contribution in [0.5, 0.6) is 0 Å². The second-order valence-corrected chi connectivity index (χ2v) is 5.98. The molecule has 0 unspecified atom stereocenters. The first-order valence-corrected chi connectivity index (χ1v) is 7.97. The highest BCUT2D eigenvalue weighted by molar-refractivity contribution is 7.10. The zero-order valence-electron chi connectivity index (χ0n) is 12.4. The number of fused-ring (bicyclic) bond motifs is 1. The molecular weight excluding hydrogens is 294 g/mol. The lowest BCUT2D eigenvalue weighted by Crippen LogP contribution is -2.15. The van der Waals surface area contributed by atoms with E-state index in [4.69, 9.17) is 0 Å². The summed E-state index contributed by atoms with van der Waals surface area (Å²) in [7, 11) is 0. The third-order valence-corrected chi connectivity index (χ3v) is 4.68. The average molecular weight is 309 g/mol. The molecule has 22 heavy (non-hydrogen) atoms. The Morgan fingerprint density at radius 1 is 1.45 bits per heavy atom. The number of carbonyl (C=O) groups excluding carboxylic acids is 1. The summed E-state index contributed by atoms with van der Waals surface area (Å²) in [6.07, 6.45) is 0. The molecule has 1 atom stereocenters. The van der Waals surface area contributed by atoms with Crippen molar-refractivity contribution in [3.05, 3.63) is 52.1 Å². The average Bonchev–Trinajstić information content (AvgIpc) is 3.11. The Bertz CT molecular complexity index is 885. The Kier molecular flexibility index (Phi) is 3.78. The minimum atomic E-state index is -0.840. The summed E-state index contributed by atoms with van der Waals surface area (Å²) < 4.78 is 1.96. The van der Waals surface area contributed by atoms with E-state index in [0.717, 1.165) is 16.6 Å². The number of ketones is 1. The van der Waals surface area contributed by atoms with Crippen LogP contribution in [0.25, 0.3) is 10.9 Å². The summed E-state index contributed by atoms with van der Waals surface area (Å²) in [4.78, 5) is 17.2. The van der Waals surface area contributed by atoms with E-state index in [9.17, 15) is 10.1 Å². The van der Waals surface area contributed by atoms with Gasteiger partial charge in [0.25, 0.3) is 0 Å². The Labute approximate surface area is 132 Å². The second-order valence-electron chi connectivity index (χ2n) is 5.09. The van der Waals surface area contributed by atoms with Crippen LogP contribution in [0.3, 0.4) is 0 Å². The van der Waals surface area contributed by atoms with E-state index >= 15 is 0 Å². The van der Waals surface area contributed by atoms with Crippen molar-refractivity contribution in [3.63, 3.8) is 0 Å². The first kappa shape index (κ1) is 14.5. The van der Waals surface area contributed by atoms with Gasteiger partial charge in [0.05, 0.1) is 11.8 Å². The van der Waals surface area contributed by atoms with Crippen LogP contribution in [0.4, 0.5) is 0 Å². The van der Waals surface area contributed by atoms with Gasteiger partial charge in [-0.2, -0.15) is 5.26 Å². The number of aryl methyl sites for hydroxylation is 2. The van der Waals surface area contributed by atoms with Gasteiger partial charge in [0.2, 0.25) is 5.78 Å². The van der Waals surface area contributed by atoms with Gasteiger partial charge in [-0.3, -0.25) is 4.79 Å². The summed E-state index contributed by atoms with van der Waals surface area (Å²) in [5, 5.41) is 12.9. The van der Waals surface area contributed by atoms with Crippen molar-refractivity contribution in [2.45, 2.75) is 26.3 Å². The van der Waals surface area contributed by atoms with Crippen molar-refractivity contribution in [3.8, 4) is 6.07 Å². The molecule has 2 heterocycles. The third-order valence-electron chi connectivity index (χ3n) is 3.65. The van der Waals surface area contributed by atoms with Crippen LogP contribution in [0.2, 0.25) is 0 Å². The molecule has 0 saturated carbocycles. The van der Waals surface area contributed by atoms with E-state index in [2.05, 4.69) is 11.1 Å². The smallest absolute Gasteiger partial charge is 0.203 e. The number of hydrogen-bond donors (Lipinski definition) is 0. The van der Waals surface area contributed by atoms with Gasteiger partial charge in [-0.15, -0.1) is 11.3 Å². The Balaban J connectivity index is 2.10. The fraction of sp³-hybridized carbons (Fsp3) is 0.235. The van der Waals surface area contributed by atoms with Crippen molar-refractivity contribution in [2.24, 2.45) is 0 Å². The first-order chi connectivity index (χ1) is 10.7. The summed E-state index contributed by atoms with van der Waals surface area (Å²) in [5.41, 5.74) is 2.42. The quantitative estimate of drug-likeness (QED) is 0.686. The molecule has 4 nitrogen and oxygen atoms in total. The Hall–Kier alpha value is -2.45. The molecule has 0 aliphatic heterocycles. The first-order valence-electron chi connectivity index (χ1n) is 7.09. The number of carbonyl (C=O) groups is 1. The second kappa shape index (κ2) is 5.74. The lowest BCUT2D eigenvalue weighted by atomic mass is 10.0. The van der Waals surface area contributed by atoms with Crippen LogP contribution in [0.1, 0.15) is 34.0 Å². The van der Waals surface area contributed by atoms with Crippen molar-refractivity contribution in [1.29, 1.82) is 5.26 Å².